The number of hydrogen-bond donors (Lipinski definition) is 0. The third kappa shape index (κ3) is 3.24. The van der Waals surface area contributed by atoms with Crippen LogP contribution in [0.3, 0.4) is 0 Å². The molecule has 0 unspecified atom stereocenters. The van der Waals surface area contributed by atoms with Gasteiger partial charge in [-0.3, -0.25) is 0 Å². The van der Waals surface area contributed by atoms with Crippen LogP contribution in [-0.4, -0.2) is 19.7 Å². The molecule has 0 saturated heterocycles. The first-order valence-corrected chi connectivity index (χ1v) is 5.68. The lowest BCUT2D eigenvalue weighted by Crippen LogP contribution is -2.01. The standard InChI is InChI=1S/C14H15FO3/c1-4-11-10(7-9-13(16)18-5-2)6-8-12(17-3)14(11)15/h6,8H,4-5H2,1-3H3. The lowest BCUT2D eigenvalue weighted by Gasteiger charge is -2.07. The molecule has 0 aliphatic rings. The van der Waals surface area contributed by atoms with Crippen molar-refractivity contribution in [1.29, 1.82) is 0 Å². The summed E-state index contributed by atoms with van der Waals surface area (Å²) in [4.78, 5) is 11.1. The van der Waals surface area contributed by atoms with Gasteiger partial charge in [0.05, 0.1) is 13.7 Å². The van der Waals surface area contributed by atoms with E-state index in [-0.39, 0.29) is 12.4 Å². The molecule has 0 radical (unpaired) electrons. The lowest BCUT2D eigenvalue weighted by atomic mass is 10.0. The van der Waals surface area contributed by atoms with Gasteiger partial charge in [-0.15, -0.1) is 0 Å². The van der Waals surface area contributed by atoms with Crippen molar-refractivity contribution in [1.82, 2.24) is 0 Å². The molecule has 18 heavy (non-hydrogen) atoms. The van der Waals surface area contributed by atoms with E-state index < -0.39 is 11.8 Å². The van der Waals surface area contributed by atoms with Crippen molar-refractivity contribution in [2.45, 2.75) is 20.3 Å². The Balaban J connectivity index is 3.10. The Morgan fingerprint density at radius 1 is 1.39 bits per heavy atom. The van der Waals surface area contributed by atoms with E-state index >= 15 is 0 Å². The van der Waals surface area contributed by atoms with Crippen LogP contribution >= 0.6 is 0 Å². The number of halogens is 1. The molecule has 1 aromatic carbocycles. The minimum atomic E-state index is -0.615. The average Bonchev–Trinajstić information content (AvgIpc) is 2.36. The smallest absolute Gasteiger partial charge is 0.384 e. The summed E-state index contributed by atoms with van der Waals surface area (Å²) in [6, 6.07) is 3.12. The molecule has 0 aliphatic heterocycles. The second-order valence-electron chi connectivity index (χ2n) is 3.43. The molecule has 1 rings (SSSR count). The minimum absolute atomic E-state index is 0.175. The zero-order valence-corrected chi connectivity index (χ0v) is 10.7. The summed E-state index contributed by atoms with van der Waals surface area (Å²) in [5.41, 5.74) is 0.912. The molecule has 3 nitrogen and oxygen atoms in total. The fraction of sp³-hybridized carbons (Fsp3) is 0.357. The number of ether oxygens (including phenoxy) is 2. The molecule has 0 saturated carbocycles. The number of hydrogen-bond acceptors (Lipinski definition) is 3. The van der Waals surface area contributed by atoms with E-state index in [2.05, 4.69) is 16.6 Å². The Hall–Kier alpha value is -2.02. The van der Waals surface area contributed by atoms with Gasteiger partial charge in [0, 0.05) is 17.0 Å². The Labute approximate surface area is 106 Å². The zero-order chi connectivity index (χ0) is 13.5. The van der Waals surface area contributed by atoms with E-state index in [4.69, 9.17) is 4.74 Å². The Morgan fingerprint density at radius 2 is 2.11 bits per heavy atom. The van der Waals surface area contributed by atoms with Crippen molar-refractivity contribution < 1.29 is 18.7 Å². The molecular formula is C14H15FO3. The van der Waals surface area contributed by atoms with Crippen molar-refractivity contribution in [3.63, 3.8) is 0 Å². The van der Waals surface area contributed by atoms with Crippen LogP contribution in [0.15, 0.2) is 12.1 Å². The second-order valence-corrected chi connectivity index (χ2v) is 3.43. The Morgan fingerprint density at radius 3 is 2.67 bits per heavy atom. The number of carbonyl (C=O) groups excluding carboxylic acids is 1. The maximum absolute atomic E-state index is 13.9. The molecule has 0 amide bonds. The van der Waals surface area contributed by atoms with E-state index in [0.29, 0.717) is 17.5 Å². The summed E-state index contributed by atoms with van der Waals surface area (Å²) < 4.78 is 23.5. The molecule has 0 aromatic heterocycles. The number of benzene rings is 1. The van der Waals surface area contributed by atoms with Crippen molar-refractivity contribution in [3.05, 3.63) is 29.1 Å². The lowest BCUT2D eigenvalue weighted by molar-refractivity contribution is -0.136. The van der Waals surface area contributed by atoms with Crippen molar-refractivity contribution in [2.24, 2.45) is 0 Å². The van der Waals surface area contributed by atoms with E-state index in [1.54, 1.807) is 13.0 Å². The van der Waals surface area contributed by atoms with E-state index in [1.807, 2.05) is 6.92 Å². The summed E-state index contributed by atoms with van der Waals surface area (Å²) in [6.07, 6.45) is 0.468. The normalized spacial score (nSPS) is 9.33. The van der Waals surface area contributed by atoms with Gasteiger partial charge in [0.1, 0.15) is 0 Å². The van der Waals surface area contributed by atoms with E-state index in [9.17, 15) is 9.18 Å². The highest BCUT2D eigenvalue weighted by atomic mass is 19.1. The van der Waals surface area contributed by atoms with Gasteiger partial charge < -0.3 is 9.47 Å². The first-order chi connectivity index (χ1) is 8.63. The molecule has 0 aliphatic carbocycles. The maximum atomic E-state index is 13.9. The number of methoxy groups -OCH3 is 1. The highest BCUT2D eigenvalue weighted by molar-refractivity contribution is 5.89. The van der Waals surface area contributed by atoms with Gasteiger partial charge in [0.15, 0.2) is 11.6 Å². The van der Waals surface area contributed by atoms with Gasteiger partial charge in [-0.2, -0.15) is 0 Å². The van der Waals surface area contributed by atoms with Crippen LogP contribution in [0.25, 0.3) is 0 Å². The van der Waals surface area contributed by atoms with Gasteiger partial charge in [0.2, 0.25) is 0 Å². The van der Waals surface area contributed by atoms with Crippen LogP contribution < -0.4 is 4.74 Å². The molecule has 0 N–H and O–H groups in total. The molecule has 0 bridgehead atoms. The van der Waals surface area contributed by atoms with Gasteiger partial charge in [-0.25, -0.2) is 9.18 Å². The summed E-state index contributed by atoms with van der Waals surface area (Å²) in [6.45, 7) is 3.78. The van der Waals surface area contributed by atoms with Gasteiger partial charge in [-0.05, 0) is 25.5 Å². The first kappa shape index (κ1) is 14.0. The molecular weight excluding hydrogens is 235 g/mol. The van der Waals surface area contributed by atoms with E-state index in [0.717, 1.165) is 0 Å². The highest BCUT2D eigenvalue weighted by Gasteiger charge is 2.11. The molecule has 0 atom stereocenters. The predicted octanol–water partition coefficient (Wildman–Crippen LogP) is 2.31. The predicted molar refractivity (Wildman–Crippen MR) is 65.8 cm³/mol. The molecule has 0 spiro atoms. The van der Waals surface area contributed by atoms with Crippen molar-refractivity contribution in [2.75, 3.05) is 13.7 Å². The summed E-state index contributed by atoms with van der Waals surface area (Å²) >= 11 is 0. The third-order valence-electron chi connectivity index (χ3n) is 2.36. The Kier molecular flexibility index (Phi) is 5.19. The van der Waals surface area contributed by atoms with Crippen LogP contribution in [0.1, 0.15) is 25.0 Å². The second kappa shape index (κ2) is 6.65. The van der Waals surface area contributed by atoms with Crippen molar-refractivity contribution in [3.8, 4) is 17.6 Å². The zero-order valence-electron chi connectivity index (χ0n) is 10.7. The van der Waals surface area contributed by atoms with Crippen LogP contribution in [-0.2, 0) is 16.0 Å². The topological polar surface area (TPSA) is 35.5 Å². The van der Waals surface area contributed by atoms with Crippen LogP contribution in [0.4, 0.5) is 4.39 Å². The monoisotopic (exact) mass is 250 g/mol. The third-order valence-corrected chi connectivity index (χ3v) is 2.36. The fourth-order valence-electron chi connectivity index (χ4n) is 1.51. The maximum Gasteiger partial charge on any atom is 0.384 e. The molecule has 4 heteroatoms. The van der Waals surface area contributed by atoms with Crippen LogP contribution in [0, 0.1) is 17.7 Å². The van der Waals surface area contributed by atoms with Gasteiger partial charge >= 0.3 is 5.97 Å². The summed E-state index contributed by atoms with van der Waals surface area (Å²) in [5.74, 6) is 4.07. The fourth-order valence-corrected chi connectivity index (χ4v) is 1.51. The minimum Gasteiger partial charge on any atom is -0.494 e. The van der Waals surface area contributed by atoms with Gasteiger partial charge in [0.25, 0.3) is 0 Å². The number of carbonyl (C=O) groups is 1. The molecule has 0 heterocycles. The van der Waals surface area contributed by atoms with Crippen LogP contribution in [0.2, 0.25) is 0 Å². The van der Waals surface area contributed by atoms with Crippen LogP contribution in [0.5, 0.6) is 5.75 Å². The quantitative estimate of drug-likeness (QED) is 0.610. The summed E-state index contributed by atoms with van der Waals surface area (Å²) in [5, 5.41) is 0. The Bertz CT molecular complexity index is 498. The average molecular weight is 250 g/mol. The molecule has 0 fully saturated rings. The molecule has 96 valence electrons. The number of esters is 1. The number of rotatable bonds is 3. The van der Waals surface area contributed by atoms with Gasteiger partial charge in [-0.1, -0.05) is 12.8 Å². The first-order valence-electron chi connectivity index (χ1n) is 5.68. The highest BCUT2D eigenvalue weighted by Crippen LogP contribution is 2.23. The van der Waals surface area contributed by atoms with Crippen molar-refractivity contribution >= 4 is 5.97 Å². The van der Waals surface area contributed by atoms with E-state index in [1.165, 1.54) is 13.2 Å². The summed E-state index contributed by atoms with van der Waals surface area (Å²) in [7, 11) is 1.40. The largest absolute Gasteiger partial charge is 0.494 e. The molecule has 1 aromatic rings. The SMILES string of the molecule is CCOC(=O)C#Cc1ccc(OC)c(F)c1CC.